The molecular formula is C13H15NO3. The van der Waals surface area contributed by atoms with Crippen LogP contribution in [0.25, 0.3) is 0 Å². The van der Waals surface area contributed by atoms with Crippen LogP contribution in [0.2, 0.25) is 0 Å². The number of anilines is 1. The van der Waals surface area contributed by atoms with E-state index in [0.717, 1.165) is 12.1 Å². The molecule has 1 fully saturated rings. The summed E-state index contributed by atoms with van der Waals surface area (Å²) in [6.07, 6.45) is 1.26. The molecule has 0 saturated carbocycles. The summed E-state index contributed by atoms with van der Waals surface area (Å²) in [4.78, 5) is 24.3. The zero-order valence-electron chi connectivity index (χ0n) is 9.50. The van der Waals surface area contributed by atoms with Crippen molar-refractivity contribution in [1.29, 1.82) is 0 Å². The molecule has 90 valence electrons. The van der Waals surface area contributed by atoms with Crippen LogP contribution >= 0.6 is 0 Å². The first-order valence-electron chi connectivity index (χ1n) is 5.76. The van der Waals surface area contributed by atoms with E-state index in [0.29, 0.717) is 13.0 Å². The molecule has 0 bridgehead atoms. The quantitative estimate of drug-likeness (QED) is 0.864. The number of benzene rings is 1. The molecule has 1 heterocycles. The fraction of sp³-hybridized carbons (Fsp3) is 0.385. The molecule has 0 spiro atoms. The summed E-state index contributed by atoms with van der Waals surface area (Å²) in [6, 6.07) is 9.50. The van der Waals surface area contributed by atoms with Crippen LogP contribution in [0, 0.1) is 5.92 Å². The Labute approximate surface area is 99.9 Å². The van der Waals surface area contributed by atoms with E-state index < -0.39 is 5.97 Å². The zero-order chi connectivity index (χ0) is 12.3. The number of carbonyl (C=O) groups excluding carboxylic acids is 1. The highest BCUT2D eigenvalue weighted by atomic mass is 16.4. The van der Waals surface area contributed by atoms with Crippen LogP contribution in [0.1, 0.15) is 19.3 Å². The van der Waals surface area contributed by atoms with Gasteiger partial charge >= 0.3 is 5.97 Å². The molecule has 17 heavy (non-hydrogen) atoms. The highest BCUT2D eigenvalue weighted by Gasteiger charge is 2.32. The standard InChI is InChI=1S/C13H15NO3/c15-12(16)7-6-10-8-9-14(13(10)17)11-4-2-1-3-5-11/h1-5,10H,6-9H2,(H,15,16). The van der Waals surface area contributed by atoms with Gasteiger partial charge in [0.25, 0.3) is 0 Å². The van der Waals surface area contributed by atoms with Crippen molar-refractivity contribution in [2.24, 2.45) is 5.92 Å². The fourth-order valence-corrected chi connectivity index (χ4v) is 2.17. The second kappa shape index (κ2) is 4.99. The van der Waals surface area contributed by atoms with Gasteiger partial charge in [-0.15, -0.1) is 0 Å². The minimum Gasteiger partial charge on any atom is -0.481 e. The van der Waals surface area contributed by atoms with Gasteiger partial charge in [-0.25, -0.2) is 0 Å². The van der Waals surface area contributed by atoms with Gasteiger partial charge < -0.3 is 10.0 Å². The summed E-state index contributed by atoms with van der Waals surface area (Å²) < 4.78 is 0. The number of para-hydroxylation sites is 1. The average molecular weight is 233 g/mol. The maximum atomic E-state index is 12.1. The van der Waals surface area contributed by atoms with Crippen LogP contribution in [0.15, 0.2) is 30.3 Å². The number of hydrogen-bond acceptors (Lipinski definition) is 2. The van der Waals surface area contributed by atoms with Crippen LogP contribution in [0.3, 0.4) is 0 Å². The lowest BCUT2D eigenvalue weighted by atomic mass is 10.0. The average Bonchev–Trinajstić information content (AvgIpc) is 2.69. The summed E-state index contributed by atoms with van der Waals surface area (Å²) in [5.74, 6) is -0.917. The predicted octanol–water partition coefficient (Wildman–Crippen LogP) is 1.90. The highest BCUT2D eigenvalue weighted by molar-refractivity contribution is 5.97. The van der Waals surface area contributed by atoms with Gasteiger partial charge in [0.05, 0.1) is 0 Å². The Morgan fingerprint density at radius 1 is 1.35 bits per heavy atom. The molecule has 1 unspecified atom stereocenters. The SMILES string of the molecule is O=C(O)CCC1CCN(c2ccccc2)C1=O. The molecule has 1 N–H and O–H groups in total. The number of carboxylic acid groups (broad SMARTS) is 1. The van der Waals surface area contributed by atoms with E-state index in [1.54, 1.807) is 4.90 Å². The lowest BCUT2D eigenvalue weighted by Gasteiger charge is -2.16. The van der Waals surface area contributed by atoms with E-state index in [2.05, 4.69) is 0 Å². The summed E-state index contributed by atoms with van der Waals surface area (Å²) in [5.41, 5.74) is 0.898. The number of aliphatic carboxylic acids is 1. The maximum absolute atomic E-state index is 12.1. The predicted molar refractivity (Wildman–Crippen MR) is 63.8 cm³/mol. The second-order valence-corrected chi connectivity index (χ2v) is 4.24. The van der Waals surface area contributed by atoms with Crippen LogP contribution in [0.5, 0.6) is 0 Å². The van der Waals surface area contributed by atoms with E-state index in [9.17, 15) is 9.59 Å². The van der Waals surface area contributed by atoms with E-state index >= 15 is 0 Å². The molecule has 4 nitrogen and oxygen atoms in total. The van der Waals surface area contributed by atoms with Crippen LogP contribution in [-0.2, 0) is 9.59 Å². The maximum Gasteiger partial charge on any atom is 0.303 e. The van der Waals surface area contributed by atoms with Crippen LogP contribution < -0.4 is 4.90 Å². The summed E-state index contributed by atoms with van der Waals surface area (Å²) >= 11 is 0. The van der Waals surface area contributed by atoms with E-state index in [1.165, 1.54) is 0 Å². The second-order valence-electron chi connectivity index (χ2n) is 4.24. The number of carbonyl (C=O) groups is 2. The van der Waals surface area contributed by atoms with Crippen molar-refractivity contribution in [2.45, 2.75) is 19.3 Å². The summed E-state index contributed by atoms with van der Waals surface area (Å²) in [5, 5.41) is 8.62. The third-order valence-corrected chi connectivity index (χ3v) is 3.09. The molecule has 0 aliphatic carbocycles. The number of carboxylic acids is 1. The van der Waals surface area contributed by atoms with E-state index in [1.807, 2.05) is 30.3 Å². The minimum atomic E-state index is -0.837. The van der Waals surface area contributed by atoms with Crippen molar-refractivity contribution in [2.75, 3.05) is 11.4 Å². The third kappa shape index (κ3) is 2.64. The minimum absolute atomic E-state index is 0.0532. The number of amides is 1. The van der Waals surface area contributed by atoms with Gasteiger partial charge in [0.1, 0.15) is 0 Å². The Hall–Kier alpha value is -1.84. The van der Waals surface area contributed by atoms with Gasteiger partial charge in [-0.05, 0) is 25.0 Å². The first-order chi connectivity index (χ1) is 8.18. The number of rotatable bonds is 4. The molecule has 4 heteroatoms. The van der Waals surface area contributed by atoms with Crippen molar-refractivity contribution in [1.82, 2.24) is 0 Å². The number of nitrogens with zero attached hydrogens (tertiary/aromatic N) is 1. The molecule has 0 radical (unpaired) electrons. The van der Waals surface area contributed by atoms with Gasteiger partial charge in [0.15, 0.2) is 0 Å². The first-order valence-corrected chi connectivity index (χ1v) is 5.76. The lowest BCUT2D eigenvalue weighted by molar-refractivity contribution is -0.137. The van der Waals surface area contributed by atoms with Crippen LogP contribution in [-0.4, -0.2) is 23.5 Å². The van der Waals surface area contributed by atoms with Crippen molar-refractivity contribution >= 4 is 17.6 Å². The Morgan fingerprint density at radius 3 is 2.71 bits per heavy atom. The number of hydrogen-bond donors (Lipinski definition) is 1. The van der Waals surface area contributed by atoms with E-state index in [4.69, 9.17) is 5.11 Å². The van der Waals surface area contributed by atoms with Crippen molar-refractivity contribution in [3.8, 4) is 0 Å². The normalized spacial score (nSPS) is 19.6. The summed E-state index contributed by atoms with van der Waals surface area (Å²) in [6.45, 7) is 0.688. The highest BCUT2D eigenvalue weighted by Crippen LogP contribution is 2.27. The molecule has 1 aromatic rings. The lowest BCUT2D eigenvalue weighted by Crippen LogP contribution is -2.27. The van der Waals surface area contributed by atoms with Crippen molar-refractivity contribution in [3.05, 3.63) is 30.3 Å². The first kappa shape index (κ1) is 11.6. The third-order valence-electron chi connectivity index (χ3n) is 3.09. The van der Waals surface area contributed by atoms with Gasteiger partial charge in [0.2, 0.25) is 5.91 Å². The molecule has 1 amide bonds. The fourth-order valence-electron chi connectivity index (χ4n) is 2.17. The molecule has 1 aromatic carbocycles. The van der Waals surface area contributed by atoms with Gasteiger partial charge in [-0.1, -0.05) is 18.2 Å². The van der Waals surface area contributed by atoms with E-state index in [-0.39, 0.29) is 18.2 Å². The van der Waals surface area contributed by atoms with Gasteiger partial charge in [0, 0.05) is 24.6 Å². The monoisotopic (exact) mass is 233 g/mol. The Bertz CT molecular complexity index is 416. The molecule has 0 aromatic heterocycles. The topological polar surface area (TPSA) is 57.6 Å². The molecule has 2 rings (SSSR count). The largest absolute Gasteiger partial charge is 0.481 e. The molecular weight excluding hydrogens is 218 g/mol. The van der Waals surface area contributed by atoms with Crippen molar-refractivity contribution < 1.29 is 14.7 Å². The Balaban J connectivity index is 2.00. The van der Waals surface area contributed by atoms with Crippen LogP contribution in [0.4, 0.5) is 5.69 Å². The molecule has 1 aliphatic rings. The molecule has 1 aliphatic heterocycles. The van der Waals surface area contributed by atoms with Gasteiger partial charge in [-0.3, -0.25) is 9.59 Å². The molecule has 1 saturated heterocycles. The Morgan fingerprint density at radius 2 is 2.06 bits per heavy atom. The van der Waals surface area contributed by atoms with Crippen molar-refractivity contribution in [3.63, 3.8) is 0 Å². The summed E-state index contributed by atoms with van der Waals surface area (Å²) in [7, 11) is 0. The van der Waals surface area contributed by atoms with Gasteiger partial charge in [-0.2, -0.15) is 0 Å². The Kier molecular flexibility index (Phi) is 3.42. The zero-order valence-corrected chi connectivity index (χ0v) is 9.50. The molecule has 1 atom stereocenters. The smallest absolute Gasteiger partial charge is 0.303 e.